The Bertz CT molecular complexity index is 576. The van der Waals surface area contributed by atoms with Gasteiger partial charge in [0.2, 0.25) is 5.91 Å². The van der Waals surface area contributed by atoms with E-state index >= 15 is 0 Å². The van der Waals surface area contributed by atoms with E-state index in [4.69, 9.17) is 11.6 Å². The molecule has 0 radical (unpaired) electrons. The van der Waals surface area contributed by atoms with Crippen molar-refractivity contribution in [1.82, 2.24) is 10.2 Å². The maximum absolute atomic E-state index is 13.5. The maximum atomic E-state index is 13.5. The quantitative estimate of drug-likeness (QED) is 0.889. The van der Waals surface area contributed by atoms with Gasteiger partial charge in [0.05, 0.1) is 5.02 Å². The highest BCUT2D eigenvalue weighted by Gasteiger charge is 2.37. The molecule has 1 N–H and O–H groups in total. The van der Waals surface area contributed by atoms with Crippen molar-refractivity contribution in [2.45, 2.75) is 45.2 Å². The summed E-state index contributed by atoms with van der Waals surface area (Å²) in [5.41, 5.74) is 0.901. The molecular formula is C18H24ClFN2O. The SMILES string of the molecule is CC[C@@H]1CN(C(=O)C2CC2)CC[C@H]1NCc1ccc(Cl)c(F)c1. The molecule has 2 fully saturated rings. The molecule has 23 heavy (non-hydrogen) atoms. The summed E-state index contributed by atoms with van der Waals surface area (Å²) in [7, 11) is 0. The molecule has 1 heterocycles. The van der Waals surface area contributed by atoms with E-state index in [2.05, 4.69) is 12.2 Å². The molecule has 1 aliphatic heterocycles. The summed E-state index contributed by atoms with van der Waals surface area (Å²) >= 11 is 5.72. The van der Waals surface area contributed by atoms with E-state index in [1.807, 2.05) is 11.0 Å². The average Bonchev–Trinajstić information content (AvgIpc) is 3.40. The maximum Gasteiger partial charge on any atom is 0.225 e. The fourth-order valence-electron chi connectivity index (χ4n) is 3.40. The van der Waals surface area contributed by atoms with Gasteiger partial charge in [0, 0.05) is 31.6 Å². The molecule has 1 saturated carbocycles. The highest BCUT2D eigenvalue weighted by molar-refractivity contribution is 6.30. The van der Waals surface area contributed by atoms with Crippen molar-refractivity contribution in [3.8, 4) is 0 Å². The Morgan fingerprint density at radius 1 is 1.39 bits per heavy atom. The number of piperidine rings is 1. The minimum atomic E-state index is -0.372. The number of hydrogen-bond acceptors (Lipinski definition) is 2. The van der Waals surface area contributed by atoms with Crippen LogP contribution in [-0.2, 0) is 11.3 Å². The van der Waals surface area contributed by atoms with E-state index in [-0.39, 0.29) is 10.8 Å². The topological polar surface area (TPSA) is 32.3 Å². The molecule has 0 spiro atoms. The zero-order valence-corrected chi connectivity index (χ0v) is 14.3. The standard InChI is InChI=1S/C18H24ClFN2O/c1-2-13-11-22(18(23)14-4-5-14)8-7-17(13)21-10-12-3-6-15(19)16(20)9-12/h3,6,9,13-14,17,21H,2,4-5,7-8,10-11H2,1H3/t13-,17-/m1/s1. The molecule has 1 amide bonds. The predicted molar refractivity (Wildman–Crippen MR) is 89.7 cm³/mol. The highest BCUT2D eigenvalue weighted by atomic mass is 35.5. The fraction of sp³-hybridized carbons (Fsp3) is 0.611. The first-order chi connectivity index (χ1) is 11.1. The van der Waals surface area contributed by atoms with E-state index in [1.165, 1.54) is 6.07 Å². The third-order valence-corrected chi connectivity index (χ3v) is 5.36. The number of hydrogen-bond donors (Lipinski definition) is 1. The molecule has 3 nitrogen and oxygen atoms in total. The summed E-state index contributed by atoms with van der Waals surface area (Å²) < 4.78 is 13.5. The van der Waals surface area contributed by atoms with Crippen LogP contribution in [0.1, 0.15) is 38.2 Å². The summed E-state index contributed by atoms with van der Waals surface area (Å²) in [5.74, 6) is 0.738. The number of amides is 1. The lowest BCUT2D eigenvalue weighted by molar-refractivity contribution is -0.134. The zero-order chi connectivity index (χ0) is 16.4. The molecule has 1 aromatic carbocycles. The Hall–Kier alpha value is -1.13. The van der Waals surface area contributed by atoms with Crippen LogP contribution in [0.25, 0.3) is 0 Å². The Labute approximate surface area is 142 Å². The Kier molecular flexibility index (Phi) is 5.22. The minimum absolute atomic E-state index is 0.159. The van der Waals surface area contributed by atoms with Gasteiger partial charge in [-0.15, -0.1) is 0 Å². The second kappa shape index (κ2) is 7.18. The second-order valence-corrected chi connectivity index (χ2v) is 7.16. The molecule has 0 aromatic heterocycles. The first-order valence-corrected chi connectivity index (χ1v) is 8.92. The van der Waals surface area contributed by atoms with Crippen molar-refractivity contribution in [3.63, 3.8) is 0 Å². The Morgan fingerprint density at radius 2 is 2.17 bits per heavy atom. The molecule has 2 aliphatic rings. The molecule has 2 atom stereocenters. The second-order valence-electron chi connectivity index (χ2n) is 6.75. The van der Waals surface area contributed by atoms with Crippen molar-refractivity contribution in [2.24, 2.45) is 11.8 Å². The molecule has 1 aromatic rings. The summed E-state index contributed by atoms with van der Waals surface area (Å²) in [6.07, 6.45) is 4.14. The molecular weight excluding hydrogens is 315 g/mol. The van der Waals surface area contributed by atoms with Gasteiger partial charge in [-0.3, -0.25) is 4.79 Å². The van der Waals surface area contributed by atoms with Crippen LogP contribution in [0.2, 0.25) is 5.02 Å². The van der Waals surface area contributed by atoms with Crippen molar-refractivity contribution in [2.75, 3.05) is 13.1 Å². The summed E-state index contributed by atoms with van der Waals surface area (Å²) in [6.45, 7) is 4.48. The van der Waals surface area contributed by atoms with E-state index in [1.54, 1.807) is 6.07 Å². The van der Waals surface area contributed by atoms with Gasteiger partial charge in [0.25, 0.3) is 0 Å². The third-order valence-electron chi connectivity index (χ3n) is 5.05. The minimum Gasteiger partial charge on any atom is -0.342 e. The monoisotopic (exact) mass is 338 g/mol. The van der Waals surface area contributed by atoms with Gasteiger partial charge in [-0.25, -0.2) is 4.39 Å². The largest absolute Gasteiger partial charge is 0.342 e. The molecule has 1 saturated heterocycles. The molecule has 126 valence electrons. The van der Waals surface area contributed by atoms with Crippen LogP contribution >= 0.6 is 11.6 Å². The van der Waals surface area contributed by atoms with Crippen LogP contribution in [0.5, 0.6) is 0 Å². The Balaban J connectivity index is 1.55. The summed E-state index contributed by atoms with van der Waals surface area (Å²) in [4.78, 5) is 14.3. The van der Waals surface area contributed by atoms with Crippen molar-refractivity contribution in [3.05, 3.63) is 34.6 Å². The number of rotatable bonds is 5. The van der Waals surface area contributed by atoms with Crippen LogP contribution in [0.4, 0.5) is 4.39 Å². The lowest BCUT2D eigenvalue weighted by atomic mass is 9.89. The summed E-state index contributed by atoms with van der Waals surface area (Å²) in [5, 5.41) is 3.70. The molecule has 1 aliphatic carbocycles. The first kappa shape index (κ1) is 16.7. The number of carbonyl (C=O) groups excluding carboxylic acids is 1. The lowest BCUT2D eigenvalue weighted by Crippen LogP contribution is -2.51. The smallest absolute Gasteiger partial charge is 0.225 e. The third kappa shape index (κ3) is 4.04. The molecule has 0 bridgehead atoms. The number of nitrogens with one attached hydrogen (secondary N) is 1. The molecule has 3 rings (SSSR count). The summed E-state index contributed by atoms with van der Waals surface area (Å²) in [6, 6.07) is 5.32. The van der Waals surface area contributed by atoms with Crippen LogP contribution < -0.4 is 5.32 Å². The number of carbonyl (C=O) groups is 1. The van der Waals surface area contributed by atoms with E-state index < -0.39 is 0 Å². The van der Waals surface area contributed by atoms with Crippen molar-refractivity contribution < 1.29 is 9.18 Å². The lowest BCUT2D eigenvalue weighted by Gasteiger charge is -2.39. The van der Waals surface area contributed by atoms with Crippen LogP contribution in [0.3, 0.4) is 0 Å². The number of halogens is 2. The van der Waals surface area contributed by atoms with Crippen molar-refractivity contribution >= 4 is 17.5 Å². The first-order valence-electron chi connectivity index (χ1n) is 8.54. The number of benzene rings is 1. The number of nitrogens with zero attached hydrogens (tertiary/aromatic N) is 1. The average molecular weight is 339 g/mol. The molecule has 5 heteroatoms. The predicted octanol–water partition coefficient (Wildman–Crippen LogP) is 3.61. The fourth-order valence-corrected chi connectivity index (χ4v) is 3.52. The van der Waals surface area contributed by atoms with Gasteiger partial charge in [0.1, 0.15) is 5.82 Å². The van der Waals surface area contributed by atoms with Gasteiger partial charge in [-0.1, -0.05) is 31.0 Å². The normalized spacial score (nSPS) is 24.7. The van der Waals surface area contributed by atoms with Gasteiger partial charge < -0.3 is 10.2 Å². The van der Waals surface area contributed by atoms with Gasteiger partial charge in [-0.05, 0) is 42.9 Å². The molecule has 0 unspecified atom stereocenters. The van der Waals surface area contributed by atoms with Crippen LogP contribution in [0.15, 0.2) is 18.2 Å². The van der Waals surface area contributed by atoms with Crippen molar-refractivity contribution in [1.29, 1.82) is 0 Å². The van der Waals surface area contributed by atoms with E-state index in [9.17, 15) is 9.18 Å². The number of likely N-dealkylation sites (tertiary alicyclic amines) is 1. The van der Waals surface area contributed by atoms with Gasteiger partial charge in [-0.2, -0.15) is 0 Å². The van der Waals surface area contributed by atoms with Gasteiger partial charge in [0.15, 0.2) is 0 Å². The highest BCUT2D eigenvalue weighted by Crippen LogP contribution is 2.33. The van der Waals surface area contributed by atoms with Gasteiger partial charge >= 0.3 is 0 Å². The van der Waals surface area contributed by atoms with E-state index in [0.717, 1.165) is 44.3 Å². The van der Waals surface area contributed by atoms with Crippen LogP contribution in [0, 0.1) is 17.7 Å². The Morgan fingerprint density at radius 3 is 2.83 bits per heavy atom. The zero-order valence-electron chi connectivity index (χ0n) is 13.5. The van der Waals surface area contributed by atoms with E-state index in [0.29, 0.717) is 30.3 Å². The van der Waals surface area contributed by atoms with Crippen LogP contribution in [-0.4, -0.2) is 29.9 Å².